The number of benzene rings is 8. The highest BCUT2D eigenvalue weighted by molar-refractivity contribution is 6.18. The Morgan fingerprint density at radius 2 is 1.16 bits per heavy atom. The molecular formula is C53H43NO. The van der Waals surface area contributed by atoms with Gasteiger partial charge in [0.05, 0.1) is 0 Å². The Hall–Kier alpha value is -6.38. The summed E-state index contributed by atoms with van der Waals surface area (Å²) in [4.78, 5) is 2.39. The van der Waals surface area contributed by atoms with Crippen LogP contribution in [0.15, 0.2) is 170 Å². The topological polar surface area (TPSA) is 12.5 Å². The first-order chi connectivity index (χ1) is 27.2. The molecule has 2 nitrogen and oxygen atoms in total. The van der Waals surface area contributed by atoms with E-state index in [0.29, 0.717) is 0 Å². The van der Waals surface area contributed by atoms with E-state index in [2.05, 4.69) is 201 Å². The average molecular weight is 710 g/mol. The second-order valence-corrected chi connectivity index (χ2v) is 15.0. The fraction of sp³-hybridized carbons (Fsp3) is 0.132. The van der Waals surface area contributed by atoms with Gasteiger partial charge in [0.1, 0.15) is 5.75 Å². The van der Waals surface area contributed by atoms with Crippen molar-refractivity contribution in [1.29, 1.82) is 0 Å². The third-order valence-electron chi connectivity index (χ3n) is 12.3. The summed E-state index contributed by atoms with van der Waals surface area (Å²) in [6.45, 7) is 4.72. The van der Waals surface area contributed by atoms with Crippen LogP contribution < -0.4 is 9.64 Å². The van der Waals surface area contributed by atoms with E-state index in [4.69, 9.17) is 4.74 Å². The Labute approximate surface area is 324 Å². The van der Waals surface area contributed by atoms with Crippen LogP contribution in [0.5, 0.6) is 5.75 Å². The van der Waals surface area contributed by atoms with E-state index in [1.165, 1.54) is 77.3 Å². The van der Waals surface area contributed by atoms with Crippen LogP contribution in [-0.4, -0.2) is 6.23 Å². The highest BCUT2D eigenvalue weighted by atomic mass is 16.5. The fourth-order valence-electron chi connectivity index (χ4n) is 9.58. The summed E-state index contributed by atoms with van der Waals surface area (Å²) in [7, 11) is 0. The largest absolute Gasteiger partial charge is 0.470 e. The van der Waals surface area contributed by atoms with Gasteiger partial charge in [-0.25, -0.2) is 0 Å². The Bertz CT molecular complexity index is 2720. The summed E-state index contributed by atoms with van der Waals surface area (Å²) in [5.41, 5.74) is 14.0. The van der Waals surface area contributed by atoms with Gasteiger partial charge in [-0.15, -0.1) is 0 Å². The van der Waals surface area contributed by atoms with Crippen molar-refractivity contribution in [1.82, 2.24) is 0 Å². The molecule has 266 valence electrons. The van der Waals surface area contributed by atoms with E-state index < -0.39 is 0 Å². The number of fused-ring (bicyclic) bond motifs is 7. The molecule has 0 spiro atoms. The Kier molecular flexibility index (Phi) is 8.14. The molecule has 1 atom stereocenters. The van der Waals surface area contributed by atoms with Crippen molar-refractivity contribution < 1.29 is 4.74 Å². The van der Waals surface area contributed by atoms with Crippen molar-refractivity contribution in [3.8, 4) is 28.0 Å². The minimum absolute atomic E-state index is 0.1000. The van der Waals surface area contributed by atoms with Crippen LogP contribution in [0.2, 0.25) is 0 Å². The molecule has 0 fully saturated rings. The third-order valence-corrected chi connectivity index (χ3v) is 12.3. The molecule has 2 aliphatic rings. The maximum atomic E-state index is 6.65. The number of para-hydroxylation sites is 2. The number of ether oxygens (including phenoxy) is 1. The molecule has 0 bridgehead atoms. The van der Waals surface area contributed by atoms with Gasteiger partial charge in [0.2, 0.25) is 0 Å². The van der Waals surface area contributed by atoms with Gasteiger partial charge >= 0.3 is 0 Å². The molecule has 10 rings (SSSR count). The van der Waals surface area contributed by atoms with Crippen LogP contribution in [0.25, 0.3) is 56.0 Å². The molecule has 2 heteroatoms. The highest BCUT2D eigenvalue weighted by Gasteiger charge is 2.41. The highest BCUT2D eigenvalue weighted by Crippen LogP contribution is 2.54. The van der Waals surface area contributed by atoms with Crippen molar-refractivity contribution in [3.63, 3.8) is 0 Å². The molecule has 8 aromatic carbocycles. The smallest absolute Gasteiger partial charge is 0.180 e. The molecule has 0 aromatic heterocycles. The lowest BCUT2D eigenvalue weighted by Crippen LogP contribution is -2.35. The minimum Gasteiger partial charge on any atom is -0.470 e. The quantitative estimate of drug-likeness (QED) is 0.115. The maximum Gasteiger partial charge on any atom is 0.180 e. The lowest BCUT2D eigenvalue weighted by molar-refractivity contribution is 0.239. The molecule has 1 aliphatic carbocycles. The zero-order valence-electron chi connectivity index (χ0n) is 31.4. The molecule has 1 unspecified atom stereocenters. The number of hydrogen-bond donors (Lipinski definition) is 0. The van der Waals surface area contributed by atoms with E-state index in [-0.39, 0.29) is 11.6 Å². The maximum absolute atomic E-state index is 6.65. The zero-order chi connectivity index (χ0) is 36.9. The van der Waals surface area contributed by atoms with Gasteiger partial charge < -0.3 is 9.64 Å². The van der Waals surface area contributed by atoms with Crippen molar-refractivity contribution in [3.05, 3.63) is 198 Å². The first-order valence-electron chi connectivity index (χ1n) is 19.7. The molecule has 8 aromatic rings. The van der Waals surface area contributed by atoms with Crippen molar-refractivity contribution in [2.24, 2.45) is 0 Å². The summed E-state index contributed by atoms with van der Waals surface area (Å²) in [6.07, 6.45) is 7.44. The van der Waals surface area contributed by atoms with Crippen molar-refractivity contribution >= 4 is 45.1 Å². The minimum atomic E-state index is -0.122. The molecule has 0 amide bonds. The summed E-state index contributed by atoms with van der Waals surface area (Å²) in [6, 6.07) is 62.0. The normalized spacial score (nSPS) is 15.2. The number of nitrogens with zero attached hydrogens (tertiary/aromatic N) is 1. The van der Waals surface area contributed by atoms with Crippen LogP contribution in [0, 0.1) is 0 Å². The van der Waals surface area contributed by atoms with Gasteiger partial charge in [0.25, 0.3) is 0 Å². The lowest BCUT2D eigenvalue weighted by atomic mass is 9.73. The van der Waals surface area contributed by atoms with Crippen LogP contribution in [-0.2, 0) is 11.8 Å². The molecule has 1 heterocycles. The Morgan fingerprint density at radius 3 is 1.89 bits per heavy atom. The molecule has 0 saturated heterocycles. The standard InChI is InChI=1S/C53H43NO/c1-3-53(4-2)48-33-36(28-31-47-43-24-13-12-22-41(43)42-23-14-15-25-46(42)52(47)37-17-7-5-8-18-37)27-30-44(48)45-32-29-40(35-49(45)53)54(39-20-9-6-10-21-39)51-34-38-19-11-16-26-50(38)55-51/h5-33,35,51H,3-4,34H2,1-2H3/b31-28+. The molecule has 0 saturated carbocycles. The van der Waals surface area contributed by atoms with Crippen LogP contribution >= 0.6 is 0 Å². The van der Waals surface area contributed by atoms with Gasteiger partial charge in [-0.05, 0) is 115 Å². The molecular weight excluding hydrogens is 667 g/mol. The van der Waals surface area contributed by atoms with E-state index in [1.807, 2.05) is 0 Å². The van der Waals surface area contributed by atoms with Gasteiger partial charge in [-0.1, -0.05) is 166 Å². The van der Waals surface area contributed by atoms with Gasteiger partial charge in [0, 0.05) is 23.2 Å². The summed E-state index contributed by atoms with van der Waals surface area (Å²) < 4.78 is 6.65. The van der Waals surface area contributed by atoms with Gasteiger partial charge in [-0.3, -0.25) is 0 Å². The van der Waals surface area contributed by atoms with Gasteiger partial charge in [-0.2, -0.15) is 0 Å². The second kappa shape index (κ2) is 13.5. The van der Waals surface area contributed by atoms with E-state index in [0.717, 1.165) is 30.7 Å². The average Bonchev–Trinajstić information content (AvgIpc) is 3.80. The Morgan fingerprint density at radius 1 is 0.564 bits per heavy atom. The second-order valence-electron chi connectivity index (χ2n) is 15.0. The predicted octanol–water partition coefficient (Wildman–Crippen LogP) is 14.0. The number of anilines is 2. The summed E-state index contributed by atoms with van der Waals surface area (Å²) in [5.74, 6) is 0.978. The number of rotatable bonds is 8. The van der Waals surface area contributed by atoms with E-state index >= 15 is 0 Å². The third kappa shape index (κ3) is 5.39. The SMILES string of the molecule is CCC1(CC)c2cc(/C=C/c3c(-c4ccccc4)c4ccccc4c4ccccc34)ccc2-c2ccc(N(c3ccccc3)C3Cc4ccccc4O3)cc21. The number of hydrogen-bond acceptors (Lipinski definition) is 2. The van der Waals surface area contributed by atoms with Gasteiger partial charge in [0.15, 0.2) is 6.23 Å². The molecule has 0 radical (unpaired) electrons. The molecule has 1 aliphatic heterocycles. The van der Waals surface area contributed by atoms with Crippen molar-refractivity contribution in [2.45, 2.75) is 44.8 Å². The zero-order valence-corrected chi connectivity index (χ0v) is 31.4. The summed E-state index contributed by atoms with van der Waals surface area (Å²) in [5, 5.41) is 5.12. The summed E-state index contributed by atoms with van der Waals surface area (Å²) >= 11 is 0. The van der Waals surface area contributed by atoms with Crippen LogP contribution in [0.4, 0.5) is 11.4 Å². The predicted molar refractivity (Wildman–Crippen MR) is 232 cm³/mol. The molecule has 55 heavy (non-hydrogen) atoms. The van der Waals surface area contributed by atoms with E-state index in [9.17, 15) is 0 Å². The lowest BCUT2D eigenvalue weighted by Gasteiger charge is -2.33. The first kappa shape index (κ1) is 33.2. The van der Waals surface area contributed by atoms with Crippen LogP contribution in [0.3, 0.4) is 0 Å². The first-order valence-corrected chi connectivity index (χ1v) is 19.7. The Balaban J connectivity index is 1.08. The van der Waals surface area contributed by atoms with Crippen LogP contribution in [0.1, 0.15) is 54.5 Å². The fourth-order valence-corrected chi connectivity index (χ4v) is 9.58. The molecule has 0 N–H and O–H groups in total. The van der Waals surface area contributed by atoms with Crippen molar-refractivity contribution in [2.75, 3.05) is 4.90 Å². The monoisotopic (exact) mass is 709 g/mol. The van der Waals surface area contributed by atoms with E-state index in [1.54, 1.807) is 0 Å².